The summed E-state index contributed by atoms with van der Waals surface area (Å²) in [6.45, 7) is 7.13. The Morgan fingerprint density at radius 2 is 1.72 bits per heavy atom. The van der Waals surface area contributed by atoms with E-state index in [0.717, 1.165) is 16.7 Å². The Balaban J connectivity index is 2.45. The van der Waals surface area contributed by atoms with Gasteiger partial charge in [-0.3, -0.25) is 4.79 Å². The number of para-hydroxylation sites is 2. The van der Waals surface area contributed by atoms with Crippen LogP contribution in [0, 0.1) is 6.92 Å². The number of aryl methyl sites for hydroxylation is 1. The van der Waals surface area contributed by atoms with E-state index < -0.39 is 5.54 Å². The highest BCUT2D eigenvalue weighted by molar-refractivity contribution is 5.88. The molecule has 0 saturated carbocycles. The summed E-state index contributed by atoms with van der Waals surface area (Å²) in [7, 11) is 0. The Bertz CT molecular complexity index is 605. The fourth-order valence-corrected chi connectivity index (χ4v) is 1.59. The minimum atomic E-state index is -0.637. The smallest absolute Gasteiger partial charge is 0.154 e. The van der Waals surface area contributed by atoms with Crippen molar-refractivity contribution in [2.45, 2.75) is 33.2 Å². The normalized spacial score (nSPS) is 11.6. The molecular weight excluding hydrogens is 226 g/mol. The fourth-order valence-electron chi connectivity index (χ4n) is 1.59. The number of rotatable bonds is 3. The van der Waals surface area contributed by atoms with Crippen molar-refractivity contribution < 1.29 is 4.79 Å². The summed E-state index contributed by atoms with van der Waals surface area (Å²) in [5.74, 6) is 0.728. The molecule has 0 aliphatic rings. The lowest BCUT2D eigenvalue weighted by Gasteiger charge is -2.24. The zero-order chi connectivity index (χ0) is 13.3. The van der Waals surface area contributed by atoms with Gasteiger partial charge in [0.1, 0.15) is 5.82 Å². The van der Waals surface area contributed by atoms with Crippen molar-refractivity contribution >= 4 is 22.6 Å². The molecule has 0 unspecified atom stereocenters. The number of anilines is 1. The lowest BCUT2D eigenvalue weighted by atomic mass is 10.0. The molecule has 94 valence electrons. The molecule has 0 radical (unpaired) electrons. The van der Waals surface area contributed by atoms with Crippen LogP contribution in [0.1, 0.15) is 26.5 Å². The monoisotopic (exact) mass is 243 g/mol. The lowest BCUT2D eigenvalue weighted by Crippen LogP contribution is -2.39. The van der Waals surface area contributed by atoms with E-state index in [0.29, 0.717) is 5.82 Å². The fraction of sp³-hybridized carbons (Fsp3) is 0.357. The first-order valence-corrected chi connectivity index (χ1v) is 5.93. The van der Waals surface area contributed by atoms with Gasteiger partial charge in [-0.05, 0) is 39.8 Å². The molecule has 4 nitrogen and oxygen atoms in total. The van der Waals surface area contributed by atoms with E-state index in [9.17, 15) is 4.79 Å². The first-order valence-electron chi connectivity index (χ1n) is 5.93. The molecule has 1 N–H and O–H groups in total. The zero-order valence-corrected chi connectivity index (χ0v) is 11.1. The maximum Gasteiger partial charge on any atom is 0.154 e. The second kappa shape index (κ2) is 4.37. The summed E-state index contributed by atoms with van der Waals surface area (Å²) in [4.78, 5) is 20.5. The predicted molar refractivity (Wildman–Crippen MR) is 72.7 cm³/mol. The third kappa shape index (κ3) is 2.32. The van der Waals surface area contributed by atoms with Crippen LogP contribution in [0.2, 0.25) is 0 Å². The summed E-state index contributed by atoms with van der Waals surface area (Å²) < 4.78 is 0. The second-order valence-electron chi connectivity index (χ2n) is 4.95. The highest BCUT2D eigenvalue weighted by atomic mass is 16.1. The van der Waals surface area contributed by atoms with Crippen LogP contribution in [0.25, 0.3) is 11.0 Å². The molecule has 0 amide bonds. The Kier molecular flexibility index (Phi) is 3.03. The van der Waals surface area contributed by atoms with Gasteiger partial charge in [-0.2, -0.15) is 0 Å². The van der Waals surface area contributed by atoms with Gasteiger partial charge in [0.25, 0.3) is 0 Å². The highest BCUT2D eigenvalue weighted by Crippen LogP contribution is 2.20. The Labute approximate surface area is 106 Å². The van der Waals surface area contributed by atoms with Crippen molar-refractivity contribution in [2.75, 3.05) is 5.32 Å². The first kappa shape index (κ1) is 12.5. The van der Waals surface area contributed by atoms with Crippen molar-refractivity contribution in [3.63, 3.8) is 0 Å². The van der Waals surface area contributed by atoms with Crippen LogP contribution < -0.4 is 5.32 Å². The van der Waals surface area contributed by atoms with Crippen LogP contribution >= 0.6 is 0 Å². The van der Waals surface area contributed by atoms with E-state index in [-0.39, 0.29) is 5.78 Å². The molecule has 0 fully saturated rings. The number of hydrogen-bond acceptors (Lipinski definition) is 4. The predicted octanol–water partition coefficient (Wildman–Crippen LogP) is 2.72. The number of benzene rings is 1. The highest BCUT2D eigenvalue weighted by Gasteiger charge is 2.24. The number of nitrogens with zero attached hydrogens (tertiary/aromatic N) is 2. The van der Waals surface area contributed by atoms with Gasteiger partial charge < -0.3 is 5.32 Å². The average molecular weight is 243 g/mol. The van der Waals surface area contributed by atoms with E-state index in [1.54, 1.807) is 6.92 Å². The SMILES string of the molecule is CC(=O)C(C)(C)Nc1nc2ccccc2nc1C. The number of hydrogen-bond donors (Lipinski definition) is 1. The molecule has 0 spiro atoms. The lowest BCUT2D eigenvalue weighted by molar-refractivity contribution is -0.120. The third-order valence-electron chi connectivity index (χ3n) is 3.06. The number of fused-ring (bicyclic) bond motifs is 1. The molecule has 0 bridgehead atoms. The van der Waals surface area contributed by atoms with E-state index >= 15 is 0 Å². The van der Waals surface area contributed by atoms with Gasteiger partial charge in [0.15, 0.2) is 5.78 Å². The largest absolute Gasteiger partial charge is 0.357 e. The molecule has 1 heterocycles. The molecule has 0 atom stereocenters. The van der Waals surface area contributed by atoms with Crippen molar-refractivity contribution in [3.8, 4) is 0 Å². The number of Topliss-reactive ketones (excluding diaryl/α,β-unsaturated/α-hetero) is 1. The van der Waals surface area contributed by atoms with E-state index in [1.165, 1.54) is 0 Å². The van der Waals surface area contributed by atoms with Crippen LogP contribution in [0.4, 0.5) is 5.82 Å². The summed E-state index contributed by atoms with van der Waals surface area (Å²) in [5.41, 5.74) is 1.84. The quantitative estimate of drug-likeness (QED) is 0.900. The molecule has 1 aromatic heterocycles. The van der Waals surface area contributed by atoms with Crippen LogP contribution in [-0.2, 0) is 4.79 Å². The number of nitrogens with one attached hydrogen (secondary N) is 1. The number of aromatic nitrogens is 2. The van der Waals surface area contributed by atoms with Gasteiger partial charge in [0, 0.05) is 0 Å². The van der Waals surface area contributed by atoms with Crippen LogP contribution in [0.5, 0.6) is 0 Å². The van der Waals surface area contributed by atoms with E-state index in [1.807, 2.05) is 45.0 Å². The topological polar surface area (TPSA) is 54.9 Å². The Morgan fingerprint density at radius 1 is 1.17 bits per heavy atom. The molecular formula is C14H17N3O. The van der Waals surface area contributed by atoms with E-state index in [2.05, 4.69) is 15.3 Å². The number of carbonyl (C=O) groups is 1. The van der Waals surface area contributed by atoms with Crippen molar-refractivity contribution in [1.82, 2.24) is 9.97 Å². The van der Waals surface area contributed by atoms with Gasteiger partial charge in [0.2, 0.25) is 0 Å². The maximum absolute atomic E-state index is 11.5. The van der Waals surface area contributed by atoms with Crippen molar-refractivity contribution in [3.05, 3.63) is 30.0 Å². The molecule has 4 heteroatoms. The molecule has 2 aromatic rings. The minimum absolute atomic E-state index is 0.0665. The minimum Gasteiger partial charge on any atom is -0.357 e. The Morgan fingerprint density at radius 3 is 2.28 bits per heavy atom. The Hall–Kier alpha value is -1.97. The molecule has 0 aliphatic carbocycles. The standard InChI is InChI=1S/C14H17N3O/c1-9-13(17-14(3,4)10(2)18)16-12-8-6-5-7-11(12)15-9/h5-8H,1-4H3,(H,16,17). The molecule has 0 saturated heterocycles. The van der Waals surface area contributed by atoms with Crippen LogP contribution in [0.3, 0.4) is 0 Å². The molecule has 1 aromatic carbocycles. The molecule has 18 heavy (non-hydrogen) atoms. The molecule has 0 aliphatic heterocycles. The van der Waals surface area contributed by atoms with Gasteiger partial charge in [-0.15, -0.1) is 0 Å². The van der Waals surface area contributed by atoms with Gasteiger partial charge in [-0.25, -0.2) is 9.97 Å². The molecule has 2 rings (SSSR count). The van der Waals surface area contributed by atoms with Gasteiger partial charge in [0.05, 0.1) is 22.3 Å². The first-order chi connectivity index (χ1) is 8.40. The zero-order valence-electron chi connectivity index (χ0n) is 11.1. The number of carbonyl (C=O) groups excluding carboxylic acids is 1. The third-order valence-corrected chi connectivity index (χ3v) is 3.06. The van der Waals surface area contributed by atoms with Gasteiger partial charge in [-0.1, -0.05) is 12.1 Å². The summed E-state index contributed by atoms with van der Waals surface area (Å²) >= 11 is 0. The summed E-state index contributed by atoms with van der Waals surface area (Å²) in [6.07, 6.45) is 0. The average Bonchev–Trinajstić information content (AvgIpc) is 2.29. The summed E-state index contributed by atoms with van der Waals surface area (Å²) in [6, 6.07) is 7.69. The van der Waals surface area contributed by atoms with Crippen molar-refractivity contribution in [1.29, 1.82) is 0 Å². The summed E-state index contributed by atoms with van der Waals surface area (Å²) in [5, 5.41) is 3.15. The van der Waals surface area contributed by atoms with Crippen LogP contribution in [0.15, 0.2) is 24.3 Å². The van der Waals surface area contributed by atoms with E-state index in [4.69, 9.17) is 0 Å². The maximum atomic E-state index is 11.5. The van der Waals surface area contributed by atoms with Crippen molar-refractivity contribution in [2.24, 2.45) is 0 Å². The number of ketones is 1. The van der Waals surface area contributed by atoms with Gasteiger partial charge >= 0.3 is 0 Å². The second-order valence-corrected chi connectivity index (χ2v) is 4.95. The van der Waals surface area contributed by atoms with Crippen LogP contribution in [-0.4, -0.2) is 21.3 Å².